The van der Waals surface area contributed by atoms with Crippen LogP contribution < -0.4 is 4.74 Å². The number of benzene rings is 2. The summed E-state index contributed by atoms with van der Waals surface area (Å²) in [6, 6.07) is 14.4. The van der Waals surface area contributed by atoms with E-state index < -0.39 is 5.82 Å². The first-order valence-corrected chi connectivity index (χ1v) is 5.42. The van der Waals surface area contributed by atoms with Crippen LogP contribution in [-0.4, -0.2) is 0 Å². The van der Waals surface area contributed by atoms with Crippen molar-refractivity contribution in [1.82, 2.24) is 0 Å². The van der Waals surface area contributed by atoms with Crippen molar-refractivity contribution in [2.75, 3.05) is 0 Å². The Morgan fingerprint density at radius 1 is 1.07 bits per heavy atom. The zero-order valence-corrected chi connectivity index (χ0v) is 9.86. The van der Waals surface area contributed by atoms with Crippen molar-refractivity contribution in [2.45, 2.75) is 0 Å². The molecule has 0 saturated carbocycles. The van der Waals surface area contributed by atoms with E-state index in [-0.39, 0.29) is 0 Å². The maximum atomic E-state index is 12.8. The third-order valence-electron chi connectivity index (χ3n) is 1.79. The predicted molar refractivity (Wildman–Crippen MR) is 64.5 cm³/mol. The second-order valence-electron chi connectivity index (χ2n) is 2.93. The molecule has 2 rings (SSSR count). The minimum Gasteiger partial charge on any atom is -0.457 e. The molecule has 2 aromatic rings. The summed E-state index contributed by atoms with van der Waals surface area (Å²) in [5.74, 6) is 0.756. The van der Waals surface area contributed by atoms with Crippen molar-refractivity contribution in [1.29, 1.82) is 0 Å². The highest BCUT2D eigenvalue weighted by atomic mass is 127. The average molecular weight is 313 g/mol. The molecule has 75 valence electrons. The topological polar surface area (TPSA) is 9.23 Å². The van der Waals surface area contributed by atoms with Gasteiger partial charge in [0.05, 0.1) is 0 Å². The van der Waals surface area contributed by atoms with Crippen LogP contribution in [0.5, 0.6) is 11.5 Å². The van der Waals surface area contributed by atoms with Gasteiger partial charge in [-0.2, -0.15) is 0 Å². The van der Waals surface area contributed by atoms with Crippen molar-refractivity contribution in [2.24, 2.45) is 0 Å². The molecule has 0 unspecified atom stereocenters. The van der Waals surface area contributed by atoms with Crippen LogP contribution in [0.1, 0.15) is 0 Å². The molecule has 0 aromatic heterocycles. The summed E-state index contributed by atoms with van der Waals surface area (Å²) in [6.07, 6.45) is 0. The minimum absolute atomic E-state index is 0.419. The zero-order chi connectivity index (χ0) is 10.7. The van der Waals surface area contributed by atoms with Gasteiger partial charge >= 0.3 is 0 Å². The second kappa shape index (κ2) is 4.61. The lowest BCUT2D eigenvalue weighted by Gasteiger charge is -2.04. The highest BCUT2D eigenvalue weighted by Gasteiger charge is 1.98. The van der Waals surface area contributed by atoms with Gasteiger partial charge in [-0.1, -0.05) is 0 Å². The molecule has 0 spiro atoms. The molecule has 0 heterocycles. The van der Waals surface area contributed by atoms with Gasteiger partial charge in [0.15, 0.2) is 0 Å². The molecule has 0 aliphatic rings. The van der Waals surface area contributed by atoms with Crippen molar-refractivity contribution < 1.29 is 9.13 Å². The molecule has 1 radical (unpaired) electrons. The third-order valence-corrected chi connectivity index (χ3v) is 2.51. The fourth-order valence-electron chi connectivity index (χ4n) is 1.12. The lowest BCUT2D eigenvalue weighted by atomic mass is 10.3. The van der Waals surface area contributed by atoms with Crippen LogP contribution in [0.4, 0.5) is 4.39 Å². The van der Waals surface area contributed by atoms with Crippen molar-refractivity contribution in [3.8, 4) is 11.5 Å². The molecule has 0 saturated heterocycles. The molecule has 2 aromatic carbocycles. The van der Waals surface area contributed by atoms with Gasteiger partial charge in [0, 0.05) is 15.7 Å². The fraction of sp³-hybridized carbons (Fsp3) is 0. The van der Waals surface area contributed by atoms with Gasteiger partial charge in [-0.25, -0.2) is 4.39 Å². The Hall–Kier alpha value is -1.10. The lowest BCUT2D eigenvalue weighted by Crippen LogP contribution is -1.85. The summed E-state index contributed by atoms with van der Waals surface area (Å²) in [5, 5.41) is 0. The largest absolute Gasteiger partial charge is 0.457 e. The number of hydrogen-bond donors (Lipinski definition) is 0. The number of rotatable bonds is 2. The van der Waals surface area contributed by atoms with Gasteiger partial charge < -0.3 is 4.74 Å². The predicted octanol–water partition coefficient (Wildman–Crippen LogP) is 4.02. The van der Waals surface area contributed by atoms with E-state index in [0.717, 1.165) is 3.57 Å². The lowest BCUT2D eigenvalue weighted by molar-refractivity contribution is 0.476. The van der Waals surface area contributed by atoms with Gasteiger partial charge in [0.25, 0.3) is 0 Å². The summed E-state index contributed by atoms with van der Waals surface area (Å²) < 4.78 is 19.4. The molecule has 3 heteroatoms. The highest BCUT2D eigenvalue weighted by molar-refractivity contribution is 14.1. The first-order valence-electron chi connectivity index (χ1n) is 4.35. The van der Waals surface area contributed by atoms with Crippen LogP contribution in [0, 0.1) is 15.5 Å². The van der Waals surface area contributed by atoms with Crippen LogP contribution in [0.3, 0.4) is 0 Å². The SMILES string of the molecule is Fc1[c]ccc(Oc2ccc(I)cc2)c1. The quantitative estimate of drug-likeness (QED) is 0.761. The van der Waals surface area contributed by atoms with Crippen LogP contribution >= 0.6 is 22.6 Å². The van der Waals surface area contributed by atoms with Crippen molar-refractivity contribution in [3.05, 3.63) is 57.9 Å². The van der Waals surface area contributed by atoms with Gasteiger partial charge in [-0.15, -0.1) is 0 Å². The first kappa shape index (κ1) is 10.4. The number of hydrogen-bond acceptors (Lipinski definition) is 1. The van der Waals surface area contributed by atoms with Crippen LogP contribution in [0.2, 0.25) is 0 Å². The maximum Gasteiger partial charge on any atom is 0.134 e. The van der Waals surface area contributed by atoms with Crippen molar-refractivity contribution in [3.63, 3.8) is 0 Å². The van der Waals surface area contributed by atoms with E-state index >= 15 is 0 Å². The highest BCUT2D eigenvalue weighted by Crippen LogP contribution is 2.22. The molecular weight excluding hydrogens is 306 g/mol. The molecule has 15 heavy (non-hydrogen) atoms. The van der Waals surface area contributed by atoms with Gasteiger partial charge in [-0.05, 0) is 59.0 Å². The van der Waals surface area contributed by atoms with Crippen LogP contribution in [0.15, 0.2) is 42.5 Å². The summed E-state index contributed by atoms with van der Waals surface area (Å²) in [7, 11) is 0. The standard InChI is InChI=1S/C12H7FIO/c13-9-2-1-3-12(8-9)15-11-6-4-10(14)5-7-11/h1,3-8H. The second-order valence-corrected chi connectivity index (χ2v) is 4.17. The molecule has 1 nitrogen and oxygen atoms in total. The minimum atomic E-state index is -0.419. The Kier molecular flexibility index (Phi) is 3.20. The van der Waals surface area contributed by atoms with E-state index in [1.54, 1.807) is 6.07 Å². The molecular formula is C12H7FIO. The van der Waals surface area contributed by atoms with Crippen LogP contribution in [-0.2, 0) is 0 Å². The summed E-state index contributed by atoms with van der Waals surface area (Å²) in [5.41, 5.74) is 0. The molecule has 0 N–H and O–H groups in total. The van der Waals surface area contributed by atoms with E-state index in [4.69, 9.17) is 4.74 Å². The van der Waals surface area contributed by atoms with Gasteiger partial charge in [0.1, 0.15) is 17.3 Å². The Morgan fingerprint density at radius 2 is 1.80 bits per heavy atom. The molecule has 0 aliphatic carbocycles. The molecule has 0 bridgehead atoms. The monoisotopic (exact) mass is 313 g/mol. The zero-order valence-electron chi connectivity index (χ0n) is 7.71. The van der Waals surface area contributed by atoms with Crippen LogP contribution in [0.25, 0.3) is 0 Å². The third kappa shape index (κ3) is 2.92. The van der Waals surface area contributed by atoms with E-state index in [1.165, 1.54) is 12.1 Å². The Balaban J connectivity index is 2.18. The van der Waals surface area contributed by atoms with Gasteiger partial charge in [0.2, 0.25) is 0 Å². The average Bonchev–Trinajstić information content (AvgIpc) is 2.22. The molecule has 0 atom stereocenters. The number of ether oxygens (including phenoxy) is 1. The summed E-state index contributed by atoms with van der Waals surface area (Å²) in [6.45, 7) is 0. The van der Waals surface area contributed by atoms with E-state index in [2.05, 4.69) is 28.7 Å². The van der Waals surface area contributed by atoms with E-state index in [1.807, 2.05) is 24.3 Å². The van der Waals surface area contributed by atoms with E-state index in [0.29, 0.717) is 11.5 Å². The smallest absolute Gasteiger partial charge is 0.134 e. The fourth-order valence-corrected chi connectivity index (χ4v) is 1.48. The molecule has 0 aliphatic heterocycles. The van der Waals surface area contributed by atoms with E-state index in [9.17, 15) is 4.39 Å². The Labute approximate surface area is 101 Å². The summed E-state index contributed by atoms with van der Waals surface area (Å²) >= 11 is 2.21. The van der Waals surface area contributed by atoms with Gasteiger partial charge in [-0.3, -0.25) is 0 Å². The molecule has 0 amide bonds. The Morgan fingerprint density at radius 3 is 2.47 bits per heavy atom. The first-order chi connectivity index (χ1) is 7.24. The van der Waals surface area contributed by atoms with Crippen molar-refractivity contribution >= 4 is 22.6 Å². The number of halogens is 2. The molecule has 0 fully saturated rings. The maximum absolute atomic E-state index is 12.8. The Bertz CT molecular complexity index is 453. The normalized spacial score (nSPS) is 10.0. The summed E-state index contributed by atoms with van der Waals surface area (Å²) in [4.78, 5) is 0.